The zero-order valence-corrected chi connectivity index (χ0v) is 15.7. The molecule has 0 amide bonds. The monoisotopic (exact) mass is 394 g/mol. The van der Waals surface area contributed by atoms with E-state index in [4.69, 9.17) is 26.8 Å². The fraction of sp³-hybridized carbons (Fsp3) is 0.250. The average Bonchev–Trinajstić information content (AvgIpc) is 3.29. The van der Waals surface area contributed by atoms with E-state index in [2.05, 4.69) is 5.32 Å². The number of hydrogen-bond acceptors (Lipinski definition) is 6. The molecule has 142 valence electrons. The summed E-state index contributed by atoms with van der Waals surface area (Å²) in [5, 5.41) is 8.07. The fourth-order valence-corrected chi connectivity index (χ4v) is 3.98. The molecule has 28 heavy (non-hydrogen) atoms. The summed E-state index contributed by atoms with van der Waals surface area (Å²) >= 11 is 5.76. The first-order chi connectivity index (χ1) is 13.7. The van der Waals surface area contributed by atoms with Crippen LogP contribution in [-0.2, 0) is 14.3 Å². The van der Waals surface area contributed by atoms with Crippen molar-refractivity contribution in [3.8, 4) is 5.69 Å². The molecule has 1 aromatic heterocycles. The lowest BCUT2D eigenvalue weighted by Crippen LogP contribution is -2.37. The van der Waals surface area contributed by atoms with Gasteiger partial charge in [0, 0.05) is 12.1 Å². The third-order valence-electron chi connectivity index (χ3n) is 4.97. The Morgan fingerprint density at radius 1 is 1.07 bits per heavy atom. The van der Waals surface area contributed by atoms with E-state index in [0.717, 1.165) is 11.4 Å². The minimum Gasteiger partial charge on any atom is -0.343 e. The predicted molar refractivity (Wildman–Crippen MR) is 105 cm³/mol. The number of carbonyl (C=O) groups is 1. The van der Waals surface area contributed by atoms with Gasteiger partial charge in [-0.25, -0.2) is 4.68 Å². The summed E-state index contributed by atoms with van der Waals surface area (Å²) in [5.41, 5.74) is 1.79. The second-order valence-corrected chi connectivity index (χ2v) is 7.16. The number of carbonyl (C=O) groups excluding carboxylic acids is 1. The quantitative estimate of drug-likeness (QED) is 0.684. The molecule has 0 radical (unpaired) electrons. The van der Waals surface area contributed by atoms with Gasteiger partial charge in [0.1, 0.15) is 6.10 Å². The third kappa shape index (κ3) is 2.95. The van der Waals surface area contributed by atoms with Crippen molar-refractivity contribution in [1.29, 1.82) is 0 Å². The summed E-state index contributed by atoms with van der Waals surface area (Å²) in [5.74, 6) is 0.503. The lowest BCUT2D eigenvalue weighted by molar-refractivity contribution is -0.156. The Bertz CT molecular complexity index is 1060. The van der Waals surface area contributed by atoms with Crippen molar-refractivity contribution in [1.82, 2.24) is 14.3 Å². The summed E-state index contributed by atoms with van der Waals surface area (Å²) in [6, 6.07) is 19.3. The van der Waals surface area contributed by atoms with Crippen molar-refractivity contribution in [2.75, 3.05) is 11.9 Å². The normalized spacial score (nSPS) is 23.7. The molecule has 3 heterocycles. The van der Waals surface area contributed by atoms with E-state index >= 15 is 0 Å². The first-order valence-electron chi connectivity index (χ1n) is 9.09. The number of nitrogens with zero attached hydrogens (tertiary/aromatic N) is 3. The van der Waals surface area contributed by atoms with Crippen LogP contribution in [0.4, 0.5) is 11.6 Å². The van der Waals surface area contributed by atoms with Crippen LogP contribution in [0.25, 0.3) is 5.69 Å². The van der Waals surface area contributed by atoms with E-state index in [9.17, 15) is 4.79 Å². The van der Waals surface area contributed by atoms with Crippen LogP contribution in [0.2, 0.25) is 0 Å². The highest BCUT2D eigenvalue weighted by atomic mass is 32.1. The minimum absolute atomic E-state index is 0.0764. The summed E-state index contributed by atoms with van der Waals surface area (Å²) in [4.78, 5) is 12.3. The van der Waals surface area contributed by atoms with Crippen LogP contribution in [0.15, 0.2) is 60.7 Å². The molecule has 5 rings (SSSR count). The van der Waals surface area contributed by atoms with Crippen LogP contribution < -0.4 is 5.32 Å². The fourth-order valence-electron chi connectivity index (χ4n) is 3.61. The van der Waals surface area contributed by atoms with Gasteiger partial charge in [-0.15, -0.1) is 5.10 Å². The van der Waals surface area contributed by atoms with E-state index in [-0.39, 0.29) is 17.9 Å². The van der Waals surface area contributed by atoms with Crippen LogP contribution >= 0.6 is 12.2 Å². The second kappa shape index (κ2) is 6.97. The molecule has 0 spiro atoms. The standard InChI is InChI=1S/C20H18N4O3S/c25-16-11-15(17-12-26-18(16)27-17)24-20(28)23(14-9-5-2-6-10-14)19(22-24)21-13-7-3-1-4-8-13/h1-10,15,17-18H,11-12H2,(H,21,22)/t15-,17+,18+/m1/s1. The average molecular weight is 394 g/mol. The maximum atomic E-state index is 12.3. The van der Waals surface area contributed by atoms with Gasteiger partial charge >= 0.3 is 0 Å². The van der Waals surface area contributed by atoms with Crippen molar-refractivity contribution in [2.24, 2.45) is 0 Å². The highest BCUT2D eigenvalue weighted by Crippen LogP contribution is 2.34. The minimum atomic E-state index is -0.742. The summed E-state index contributed by atoms with van der Waals surface area (Å²) < 4.78 is 15.2. The number of hydrogen-bond donors (Lipinski definition) is 1. The van der Waals surface area contributed by atoms with Gasteiger partial charge in [-0.2, -0.15) is 0 Å². The predicted octanol–water partition coefficient (Wildman–Crippen LogP) is 3.40. The molecule has 2 aromatic carbocycles. The number of aromatic nitrogens is 3. The molecule has 8 heteroatoms. The zero-order chi connectivity index (χ0) is 19.1. The number of rotatable bonds is 4. The molecule has 3 atom stereocenters. The molecule has 3 aromatic rings. The van der Waals surface area contributed by atoms with Crippen LogP contribution in [0.3, 0.4) is 0 Å². The van der Waals surface area contributed by atoms with Gasteiger partial charge in [-0.1, -0.05) is 36.4 Å². The van der Waals surface area contributed by atoms with Crippen molar-refractivity contribution in [2.45, 2.75) is 24.9 Å². The number of para-hydroxylation sites is 2. The van der Waals surface area contributed by atoms with E-state index in [1.165, 1.54) is 0 Å². The number of Topliss-reactive ketones (excluding diaryl/α,β-unsaturated/α-hetero) is 1. The Labute approximate surface area is 166 Å². The first-order valence-corrected chi connectivity index (χ1v) is 9.50. The second-order valence-electron chi connectivity index (χ2n) is 6.79. The van der Waals surface area contributed by atoms with Gasteiger partial charge in [0.2, 0.25) is 17.0 Å². The number of anilines is 2. The van der Waals surface area contributed by atoms with Gasteiger partial charge in [-0.3, -0.25) is 9.36 Å². The molecular formula is C20H18N4O3S. The van der Waals surface area contributed by atoms with Gasteiger partial charge in [0.15, 0.2) is 5.78 Å². The van der Waals surface area contributed by atoms with Crippen LogP contribution in [-0.4, -0.2) is 39.1 Å². The molecule has 2 fully saturated rings. The molecule has 0 saturated carbocycles. The third-order valence-corrected chi connectivity index (χ3v) is 5.34. The molecule has 1 N–H and O–H groups in total. The van der Waals surface area contributed by atoms with Gasteiger partial charge < -0.3 is 14.8 Å². The molecule has 2 aliphatic heterocycles. The van der Waals surface area contributed by atoms with E-state index < -0.39 is 6.29 Å². The van der Waals surface area contributed by atoms with Crippen molar-refractivity contribution in [3.63, 3.8) is 0 Å². The molecule has 2 aliphatic rings. The zero-order valence-electron chi connectivity index (χ0n) is 14.9. The van der Waals surface area contributed by atoms with E-state index in [1.807, 2.05) is 65.2 Å². The number of ketones is 1. The Morgan fingerprint density at radius 2 is 1.79 bits per heavy atom. The van der Waals surface area contributed by atoms with Crippen molar-refractivity contribution < 1.29 is 14.3 Å². The van der Waals surface area contributed by atoms with Crippen molar-refractivity contribution >= 4 is 29.6 Å². The summed E-state index contributed by atoms with van der Waals surface area (Å²) in [6.45, 7) is 0.364. The van der Waals surface area contributed by atoms with Gasteiger partial charge in [-0.05, 0) is 36.5 Å². The van der Waals surface area contributed by atoms with E-state index in [0.29, 0.717) is 23.7 Å². The smallest absolute Gasteiger partial charge is 0.232 e. The lowest BCUT2D eigenvalue weighted by atomic mass is 10.0. The molecule has 0 unspecified atom stereocenters. The molecule has 2 saturated heterocycles. The maximum absolute atomic E-state index is 12.3. The van der Waals surface area contributed by atoms with Crippen LogP contribution in [0.5, 0.6) is 0 Å². The highest BCUT2D eigenvalue weighted by Gasteiger charge is 2.45. The Balaban J connectivity index is 1.61. The molecule has 7 nitrogen and oxygen atoms in total. The maximum Gasteiger partial charge on any atom is 0.232 e. The Morgan fingerprint density at radius 3 is 2.54 bits per heavy atom. The number of nitrogens with one attached hydrogen (secondary N) is 1. The van der Waals surface area contributed by atoms with Gasteiger partial charge in [0.25, 0.3) is 0 Å². The highest BCUT2D eigenvalue weighted by molar-refractivity contribution is 7.71. The van der Waals surface area contributed by atoms with Crippen molar-refractivity contribution in [3.05, 3.63) is 65.4 Å². The Hall–Kier alpha value is -2.81. The summed E-state index contributed by atoms with van der Waals surface area (Å²) in [6.07, 6.45) is -0.688. The topological polar surface area (TPSA) is 70.3 Å². The molecule has 2 bridgehead atoms. The number of ether oxygens (including phenoxy) is 2. The van der Waals surface area contributed by atoms with E-state index in [1.54, 1.807) is 4.68 Å². The van der Waals surface area contributed by atoms with Gasteiger partial charge in [0.05, 0.1) is 18.3 Å². The molecule has 0 aliphatic carbocycles. The summed E-state index contributed by atoms with van der Waals surface area (Å²) in [7, 11) is 0. The number of benzene rings is 2. The Kier molecular flexibility index (Phi) is 4.31. The molecular weight excluding hydrogens is 376 g/mol. The lowest BCUT2D eigenvalue weighted by Gasteiger charge is -2.26. The van der Waals surface area contributed by atoms with Crippen LogP contribution in [0.1, 0.15) is 12.5 Å². The SMILES string of the molecule is O=C1C[C@@H](n2nc(Nc3ccccc3)n(-c3ccccc3)c2=S)[C@@H]2CO[C@H]1O2. The number of fused-ring (bicyclic) bond motifs is 2. The van der Waals surface area contributed by atoms with Crippen LogP contribution in [0, 0.1) is 4.77 Å². The first kappa shape index (κ1) is 17.3. The largest absolute Gasteiger partial charge is 0.343 e.